The molecule has 0 spiro atoms. The lowest BCUT2D eigenvalue weighted by molar-refractivity contribution is -0.120. The van der Waals surface area contributed by atoms with Gasteiger partial charge in [0.1, 0.15) is 11.6 Å². The van der Waals surface area contributed by atoms with Crippen molar-refractivity contribution in [2.45, 2.75) is 25.4 Å². The molecule has 0 aliphatic rings. The smallest absolute Gasteiger partial charge is 0.139 e. The van der Waals surface area contributed by atoms with Gasteiger partial charge in [-0.25, -0.2) is 4.39 Å². The molecule has 0 aliphatic carbocycles. The number of halogens is 1. The SMILES string of the molecule is N#Cc1ccc(CC(=O)CC(O)Cc2ccc(F)cc2)cc1. The second kappa shape index (κ2) is 7.48. The highest BCUT2D eigenvalue weighted by Gasteiger charge is 2.12. The topological polar surface area (TPSA) is 61.1 Å². The maximum Gasteiger partial charge on any atom is 0.139 e. The molecule has 1 unspecified atom stereocenters. The number of aliphatic hydroxyl groups is 1. The van der Waals surface area contributed by atoms with E-state index in [9.17, 15) is 14.3 Å². The second-order valence-corrected chi connectivity index (χ2v) is 5.21. The summed E-state index contributed by atoms with van der Waals surface area (Å²) in [6, 6.07) is 14.7. The molecule has 1 N–H and O–H groups in total. The molecule has 0 heterocycles. The van der Waals surface area contributed by atoms with Crippen LogP contribution in [0.25, 0.3) is 0 Å². The molecule has 0 amide bonds. The highest BCUT2D eigenvalue weighted by molar-refractivity contribution is 5.81. The first-order chi connectivity index (χ1) is 10.6. The van der Waals surface area contributed by atoms with Crippen LogP contribution in [0.3, 0.4) is 0 Å². The third-order valence-electron chi connectivity index (χ3n) is 3.33. The van der Waals surface area contributed by atoms with Gasteiger partial charge >= 0.3 is 0 Å². The van der Waals surface area contributed by atoms with E-state index in [0.29, 0.717) is 12.0 Å². The monoisotopic (exact) mass is 297 g/mol. The standard InChI is InChI=1S/C18H16FNO2/c19-16-7-5-14(6-8-16)10-18(22)11-17(21)9-13-1-3-15(12-20)4-2-13/h1-8,18,22H,9-11H2. The summed E-state index contributed by atoms with van der Waals surface area (Å²) in [5.41, 5.74) is 2.16. The minimum atomic E-state index is -0.781. The summed E-state index contributed by atoms with van der Waals surface area (Å²) in [6.45, 7) is 0. The minimum Gasteiger partial charge on any atom is -0.392 e. The van der Waals surface area contributed by atoms with E-state index in [2.05, 4.69) is 0 Å². The number of Topliss-reactive ketones (excluding diaryl/α,β-unsaturated/α-hetero) is 1. The highest BCUT2D eigenvalue weighted by Crippen LogP contribution is 2.10. The van der Waals surface area contributed by atoms with Crippen molar-refractivity contribution in [3.8, 4) is 6.07 Å². The molecule has 2 aromatic carbocycles. The van der Waals surface area contributed by atoms with Crippen LogP contribution in [0.1, 0.15) is 23.1 Å². The van der Waals surface area contributed by atoms with E-state index in [1.807, 2.05) is 6.07 Å². The largest absolute Gasteiger partial charge is 0.392 e. The number of nitriles is 1. The first-order valence-electron chi connectivity index (χ1n) is 7.00. The normalized spacial score (nSPS) is 11.7. The lowest BCUT2D eigenvalue weighted by Crippen LogP contribution is -2.17. The van der Waals surface area contributed by atoms with Crippen molar-refractivity contribution in [2.24, 2.45) is 0 Å². The van der Waals surface area contributed by atoms with Gasteiger partial charge in [-0.05, 0) is 41.8 Å². The number of hydrogen-bond acceptors (Lipinski definition) is 3. The van der Waals surface area contributed by atoms with Crippen molar-refractivity contribution in [2.75, 3.05) is 0 Å². The maximum atomic E-state index is 12.8. The van der Waals surface area contributed by atoms with Crippen LogP contribution in [-0.4, -0.2) is 17.0 Å². The molecule has 0 bridgehead atoms. The van der Waals surface area contributed by atoms with Crippen LogP contribution in [0.2, 0.25) is 0 Å². The predicted octanol–water partition coefficient (Wildman–Crippen LogP) is 2.80. The van der Waals surface area contributed by atoms with Gasteiger partial charge in [-0.2, -0.15) is 5.26 Å². The molecule has 0 fully saturated rings. The van der Waals surface area contributed by atoms with Gasteiger partial charge in [-0.15, -0.1) is 0 Å². The molecule has 22 heavy (non-hydrogen) atoms. The molecular weight excluding hydrogens is 281 g/mol. The van der Waals surface area contributed by atoms with Gasteiger partial charge in [-0.3, -0.25) is 4.79 Å². The first-order valence-corrected chi connectivity index (χ1v) is 7.00. The second-order valence-electron chi connectivity index (χ2n) is 5.21. The fraction of sp³-hybridized carbons (Fsp3) is 0.222. The van der Waals surface area contributed by atoms with E-state index in [1.54, 1.807) is 36.4 Å². The molecular formula is C18H16FNO2. The van der Waals surface area contributed by atoms with Crippen LogP contribution < -0.4 is 0 Å². The number of ketones is 1. The van der Waals surface area contributed by atoms with Crippen LogP contribution in [0.5, 0.6) is 0 Å². The summed E-state index contributed by atoms with van der Waals surface area (Å²) in [4.78, 5) is 11.9. The first kappa shape index (κ1) is 15.9. The summed E-state index contributed by atoms with van der Waals surface area (Å²) < 4.78 is 12.8. The lowest BCUT2D eigenvalue weighted by Gasteiger charge is -2.10. The Bertz CT molecular complexity index is 672. The van der Waals surface area contributed by atoms with Gasteiger partial charge in [-0.1, -0.05) is 24.3 Å². The molecule has 0 radical (unpaired) electrons. The Morgan fingerprint density at radius 1 is 1.09 bits per heavy atom. The average Bonchev–Trinajstić information content (AvgIpc) is 2.50. The molecule has 0 aliphatic heterocycles. The number of aliphatic hydroxyl groups excluding tert-OH is 1. The number of carbonyl (C=O) groups excluding carboxylic acids is 1. The molecule has 0 saturated carbocycles. The van der Waals surface area contributed by atoms with Crippen molar-refractivity contribution >= 4 is 5.78 Å². The van der Waals surface area contributed by atoms with Crippen molar-refractivity contribution < 1.29 is 14.3 Å². The Morgan fingerprint density at radius 3 is 2.27 bits per heavy atom. The molecule has 2 aromatic rings. The van der Waals surface area contributed by atoms with Crippen molar-refractivity contribution in [1.82, 2.24) is 0 Å². The Kier molecular flexibility index (Phi) is 5.40. The summed E-state index contributed by atoms with van der Waals surface area (Å²) in [5, 5.41) is 18.7. The minimum absolute atomic E-state index is 0.0530. The van der Waals surface area contributed by atoms with Crippen molar-refractivity contribution in [3.05, 3.63) is 71.0 Å². The number of benzene rings is 2. The molecule has 112 valence electrons. The van der Waals surface area contributed by atoms with Crippen LogP contribution in [0, 0.1) is 17.1 Å². The number of nitrogens with zero attached hydrogens (tertiary/aromatic N) is 1. The molecule has 1 atom stereocenters. The highest BCUT2D eigenvalue weighted by atomic mass is 19.1. The zero-order chi connectivity index (χ0) is 15.9. The summed E-state index contributed by atoms with van der Waals surface area (Å²) in [5.74, 6) is -0.394. The number of rotatable bonds is 6. The van der Waals surface area contributed by atoms with Crippen LogP contribution in [0.4, 0.5) is 4.39 Å². The average molecular weight is 297 g/mol. The maximum absolute atomic E-state index is 12.8. The third kappa shape index (κ3) is 4.80. The quantitative estimate of drug-likeness (QED) is 0.892. The zero-order valence-electron chi connectivity index (χ0n) is 12.0. The summed E-state index contributed by atoms with van der Waals surface area (Å²) >= 11 is 0. The molecule has 2 rings (SSSR count). The Balaban J connectivity index is 1.85. The van der Waals surface area contributed by atoms with E-state index in [1.165, 1.54) is 12.1 Å². The fourth-order valence-electron chi connectivity index (χ4n) is 2.22. The predicted molar refractivity (Wildman–Crippen MR) is 80.6 cm³/mol. The van der Waals surface area contributed by atoms with Crippen LogP contribution in [-0.2, 0) is 17.6 Å². The van der Waals surface area contributed by atoms with E-state index in [-0.39, 0.29) is 24.4 Å². The lowest BCUT2D eigenvalue weighted by atomic mass is 10.00. The van der Waals surface area contributed by atoms with Crippen molar-refractivity contribution in [1.29, 1.82) is 5.26 Å². The van der Waals surface area contributed by atoms with Gasteiger partial charge < -0.3 is 5.11 Å². The zero-order valence-corrected chi connectivity index (χ0v) is 12.0. The van der Waals surface area contributed by atoms with Crippen molar-refractivity contribution in [3.63, 3.8) is 0 Å². The Morgan fingerprint density at radius 2 is 1.68 bits per heavy atom. The third-order valence-corrected chi connectivity index (χ3v) is 3.33. The van der Waals surface area contributed by atoms with Gasteiger partial charge in [0.15, 0.2) is 0 Å². The number of hydrogen-bond donors (Lipinski definition) is 1. The van der Waals surface area contributed by atoms with E-state index in [4.69, 9.17) is 5.26 Å². The summed E-state index contributed by atoms with van der Waals surface area (Å²) in [7, 11) is 0. The van der Waals surface area contributed by atoms with Crippen LogP contribution in [0.15, 0.2) is 48.5 Å². The molecule has 3 nitrogen and oxygen atoms in total. The fourth-order valence-corrected chi connectivity index (χ4v) is 2.22. The van der Waals surface area contributed by atoms with Gasteiger partial charge in [0.2, 0.25) is 0 Å². The Hall–Kier alpha value is -2.51. The Labute approximate surface area is 128 Å². The van der Waals surface area contributed by atoms with E-state index in [0.717, 1.165) is 11.1 Å². The van der Waals surface area contributed by atoms with Gasteiger partial charge in [0, 0.05) is 12.8 Å². The van der Waals surface area contributed by atoms with E-state index < -0.39 is 6.10 Å². The van der Waals surface area contributed by atoms with E-state index >= 15 is 0 Å². The summed E-state index contributed by atoms with van der Waals surface area (Å²) in [6.07, 6.45) is -0.181. The number of carbonyl (C=O) groups is 1. The molecule has 0 saturated heterocycles. The van der Waals surface area contributed by atoms with Gasteiger partial charge in [0.05, 0.1) is 17.7 Å². The van der Waals surface area contributed by atoms with Crippen LogP contribution >= 0.6 is 0 Å². The molecule has 0 aromatic heterocycles. The molecule has 4 heteroatoms. The van der Waals surface area contributed by atoms with Gasteiger partial charge in [0.25, 0.3) is 0 Å².